The summed E-state index contributed by atoms with van der Waals surface area (Å²) in [6.45, 7) is 14.1. The summed E-state index contributed by atoms with van der Waals surface area (Å²) in [4.78, 5) is 86.5. The van der Waals surface area contributed by atoms with Gasteiger partial charge in [0.05, 0.1) is 11.1 Å². The molecule has 0 aliphatic heterocycles. The van der Waals surface area contributed by atoms with E-state index in [-0.39, 0.29) is 52.5 Å². The minimum absolute atomic E-state index is 0.0184. The first-order chi connectivity index (χ1) is 32.8. The zero-order chi connectivity index (χ0) is 53.8. The van der Waals surface area contributed by atoms with Gasteiger partial charge in [0.25, 0.3) is 0 Å². The van der Waals surface area contributed by atoms with Gasteiger partial charge in [0.2, 0.25) is 0 Å². The number of alkyl halides is 1. The number of phenolic OH excluding ortho intramolecular Hbond substituents is 2. The summed E-state index contributed by atoms with van der Waals surface area (Å²) in [6.07, 6.45) is 0.700. The summed E-state index contributed by atoms with van der Waals surface area (Å²) in [5.74, 6) is -2.10. The molecule has 371 valence electrons. The summed E-state index contributed by atoms with van der Waals surface area (Å²) in [5, 5.41) is 36.0. The second-order valence-electron chi connectivity index (χ2n) is 14.3. The molecule has 17 nitrogen and oxygen atoms in total. The number of thiol groups is 1. The Bertz CT molecular complexity index is 2600. The van der Waals surface area contributed by atoms with Gasteiger partial charge >= 0.3 is 54.6 Å². The Morgan fingerprint density at radius 2 is 0.871 bits per heavy atom. The zero-order valence-corrected chi connectivity index (χ0v) is 42.5. The van der Waals surface area contributed by atoms with Crippen molar-refractivity contribution in [1.29, 1.82) is 0 Å². The van der Waals surface area contributed by atoms with E-state index in [4.69, 9.17) is 35.3 Å². The van der Waals surface area contributed by atoms with Crippen LogP contribution >= 0.6 is 28.7 Å². The molecular weight excluding hydrogens is 991 g/mol. The monoisotopic (exact) mass is 1050 g/mol. The van der Waals surface area contributed by atoms with E-state index in [2.05, 4.69) is 40.7 Å². The molecule has 20 heteroatoms. The first-order valence-corrected chi connectivity index (χ1v) is 22.1. The van der Waals surface area contributed by atoms with Crippen molar-refractivity contribution in [3.63, 3.8) is 0 Å². The number of hydrogen-bond acceptors (Lipinski definition) is 16. The number of carboxylic acid groups (broad SMARTS) is 2. The fourth-order valence-corrected chi connectivity index (χ4v) is 5.61. The molecule has 5 aromatic rings. The number of carbonyl (C=O) groups is 8. The van der Waals surface area contributed by atoms with E-state index in [1.54, 1.807) is 67.6 Å². The Hall–Kier alpha value is -7.29. The topological polar surface area (TPSA) is 284 Å². The second kappa shape index (κ2) is 32.5. The van der Waals surface area contributed by atoms with Crippen molar-refractivity contribution in [2.24, 2.45) is 10.0 Å². The average Bonchev–Trinajstić information content (AvgIpc) is 3.28. The van der Waals surface area contributed by atoms with Crippen LogP contribution < -0.4 is 19.9 Å². The Morgan fingerprint density at radius 1 is 0.543 bits per heavy atom. The third kappa shape index (κ3) is 23.6. The van der Waals surface area contributed by atoms with Crippen molar-refractivity contribution < 1.29 is 73.0 Å². The number of nitrogens with two attached hydrogens (primary N) is 1. The number of ketones is 3. The number of hydrogen-bond donors (Lipinski definition) is 6. The molecule has 0 saturated heterocycles. The molecule has 70 heavy (non-hydrogen) atoms. The van der Waals surface area contributed by atoms with E-state index in [1.807, 2.05) is 13.8 Å². The van der Waals surface area contributed by atoms with Gasteiger partial charge in [0.15, 0.2) is 17.3 Å². The number of esters is 3. The van der Waals surface area contributed by atoms with Crippen LogP contribution in [-0.4, -0.2) is 75.3 Å². The number of halogens is 1. The van der Waals surface area contributed by atoms with E-state index in [1.165, 1.54) is 71.9 Å². The molecule has 5 aromatic carbocycles. The number of carboxylic acids is 2. The maximum atomic E-state index is 11.1. The van der Waals surface area contributed by atoms with Crippen LogP contribution in [-0.2, 0) is 32.7 Å². The van der Waals surface area contributed by atoms with Gasteiger partial charge in [0, 0.05) is 60.5 Å². The number of phenols is 2. The fraction of sp³-hybridized carbons (Fsp3) is 0.240. The van der Waals surface area contributed by atoms with Gasteiger partial charge in [0.1, 0.15) is 28.7 Å². The molecule has 0 unspecified atom stereocenters. The van der Waals surface area contributed by atoms with E-state index >= 15 is 0 Å². The maximum absolute atomic E-state index is 11.1. The van der Waals surface area contributed by atoms with Crippen LogP contribution in [0.1, 0.15) is 128 Å². The Labute approximate surface area is 420 Å². The number of nitrogens with zero attached hydrogens (tertiary/aromatic N) is 1. The number of aromatic hydroxyl groups is 2. The van der Waals surface area contributed by atoms with Gasteiger partial charge in [-0.1, -0.05) is 71.4 Å². The van der Waals surface area contributed by atoms with Crippen molar-refractivity contribution in [3.05, 3.63) is 147 Å². The molecule has 0 aliphatic carbocycles. The standard InChI is InChI=1S/C11H11BrO3.C11H13NO3.C11H12O3.C9H10O3.C8H8O3.BHNS/c2*1-7(13)9-3-4-10(6-12)11(5-9)15-8(2)14;1-7-4-5-10(8(2)12)6-11(7)14-9(3)13;1-2-6-3-4-7(9(11)12)5-8(6)10;1-5-2-3-6(8(10)11)4-7(5)9;1-2-3/h3-5H,6H2,1-2H3;3-5H,6,12H2,1-2H3;4-6H,1-3H3;3-5,10H,2H2,1H3,(H,11,12);2-4,9H,1H3,(H,10,11);3H. The molecule has 0 aromatic heterocycles. The normalized spacial score (nSPS) is 9.47. The van der Waals surface area contributed by atoms with Crippen LogP contribution in [0.5, 0.6) is 28.7 Å². The van der Waals surface area contributed by atoms with Crippen molar-refractivity contribution >= 4 is 83.6 Å². The van der Waals surface area contributed by atoms with Crippen molar-refractivity contribution in [2.45, 2.75) is 80.6 Å². The molecular formula is C50H55BBrN2O15S. The molecule has 0 heterocycles. The summed E-state index contributed by atoms with van der Waals surface area (Å²) in [6, 6.07) is 23.6. The van der Waals surface area contributed by atoms with Crippen molar-refractivity contribution in [3.8, 4) is 28.7 Å². The molecule has 0 atom stereocenters. The van der Waals surface area contributed by atoms with Gasteiger partial charge in [-0.15, -0.1) is 0 Å². The van der Waals surface area contributed by atoms with Crippen LogP contribution in [0, 0.1) is 13.8 Å². The van der Waals surface area contributed by atoms with Gasteiger partial charge in [-0.25, -0.2) is 9.59 Å². The van der Waals surface area contributed by atoms with Crippen molar-refractivity contribution in [1.82, 2.24) is 0 Å². The van der Waals surface area contributed by atoms with Gasteiger partial charge in [-0.05, 0) is 100 Å². The molecule has 1 radical (unpaired) electrons. The fourth-order valence-electron chi connectivity index (χ4n) is 5.15. The molecule has 5 rings (SSSR count). The van der Waals surface area contributed by atoms with Gasteiger partial charge in [-0.2, -0.15) is 0 Å². The molecule has 0 saturated carbocycles. The first kappa shape index (κ1) is 62.7. The summed E-state index contributed by atoms with van der Waals surface area (Å²) in [5.41, 5.74) is 11.1. The predicted molar refractivity (Wildman–Crippen MR) is 270 cm³/mol. The number of rotatable bonds is 11. The van der Waals surface area contributed by atoms with Crippen LogP contribution in [0.4, 0.5) is 0 Å². The number of carbonyl (C=O) groups excluding carboxylic acids is 6. The number of benzene rings is 5. The molecule has 0 spiro atoms. The third-order valence-electron chi connectivity index (χ3n) is 8.84. The minimum atomic E-state index is -1.03. The summed E-state index contributed by atoms with van der Waals surface area (Å²) >= 11 is 6.47. The SMILES string of the molecule is CC(=O)Oc1cc(C(C)=O)ccc1C.CC(=O)Oc1cc(C(C)=O)ccc1CBr.CC(=O)Oc1cc(C(C)=O)ccc1CN.CCc1ccc(C(=O)O)cc1O.Cc1ccc(C(=O)O)cc1O.[B]=NS. The van der Waals surface area contributed by atoms with E-state index in [0.29, 0.717) is 56.8 Å². The summed E-state index contributed by atoms with van der Waals surface area (Å²) in [7, 11) is 4.34. The Kier molecular flexibility index (Phi) is 29.1. The molecule has 6 N–H and O–H groups in total. The number of aryl methyl sites for hydroxylation is 3. The first-order valence-electron chi connectivity index (χ1n) is 20.6. The molecule has 0 fully saturated rings. The average molecular weight is 1050 g/mol. The number of aromatic carboxylic acids is 2. The predicted octanol–water partition coefficient (Wildman–Crippen LogP) is 9.34. The number of ether oxygens (including phenoxy) is 3. The zero-order valence-electron chi connectivity index (χ0n) is 40.0. The van der Waals surface area contributed by atoms with Gasteiger partial charge in [-0.3, -0.25) is 28.8 Å². The van der Waals surface area contributed by atoms with Crippen LogP contribution in [0.2, 0.25) is 0 Å². The van der Waals surface area contributed by atoms with E-state index in [9.17, 15) is 43.5 Å². The molecule has 0 aliphatic rings. The Morgan fingerprint density at radius 3 is 1.23 bits per heavy atom. The third-order valence-corrected chi connectivity index (χ3v) is 9.44. The van der Waals surface area contributed by atoms with Gasteiger partial charge < -0.3 is 40.4 Å². The quantitative estimate of drug-likeness (QED) is 0.0179. The van der Waals surface area contributed by atoms with Crippen LogP contribution in [0.15, 0.2) is 95.3 Å². The second-order valence-corrected chi connectivity index (χ2v) is 15.1. The Balaban J connectivity index is 0.000000841. The summed E-state index contributed by atoms with van der Waals surface area (Å²) < 4.78 is 17.6. The van der Waals surface area contributed by atoms with Crippen molar-refractivity contribution in [2.75, 3.05) is 0 Å². The molecule has 0 bridgehead atoms. The molecule has 0 amide bonds. The van der Waals surface area contributed by atoms with Crippen LogP contribution in [0.3, 0.4) is 0 Å². The number of Topliss-reactive ketones (excluding diaryl/α,β-unsaturated/α-hetero) is 3. The van der Waals surface area contributed by atoms with E-state index < -0.39 is 23.9 Å². The van der Waals surface area contributed by atoms with Crippen LogP contribution in [0.25, 0.3) is 0 Å². The van der Waals surface area contributed by atoms with E-state index in [0.717, 1.165) is 16.7 Å².